The number of anilines is 6. The Kier molecular flexibility index (Phi) is 15.0. The van der Waals surface area contributed by atoms with E-state index in [4.69, 9.17) is 9.47 Å². The summed E-state index contributed by atoms with van der Waals surface area (Å²) >= 11 is 0. The average molecular weight is 777 g/mol. The number of para-hydroxylation sites is 4. The molecule has 0 aliphatic heterocycles. The molecule has 6 aromatic carbocycles. The third kappa shape index (κ3) is 11.7. The van der Waals surface area contributed by atoms with Crippen molar-refractivity contribution in [3.8, 4) is 12.1 Å². The maximum absolute atomic E-state index is 12.7. The highest BCUT2D eigenvalue weighted by Gasteiger charge is 2.15. The summed E-state index contributed by atoms with van der Waals surface area (Å²) in [5.74, 6) is -1.31. The molecular formula is C51H44N4O4. The smallest absolute Gasteiger partial charge is 0.348 e. The molecule has 0 aliphatic rings. The van der Waals surface area contributed by atoms with Gasteiger partial charge in [-0.2, -0.15) is 10.5 Å². The van der Waals surface area contributed by atoms with E-state index in [-0.39, 0.29) is 24.4 Å². The summed E-state index contributed by atoms with van der Waals surface area (Å²) in [4.78, 5) is 29.7. The summed E-state index contributed by atoms with van der Waals surface area (Å²) in [5, 5.41) is 19.4. The van der Waals surface area contributed by atoms with Crippen molar-refractivity contribution >= 4 is 58.2 Å². The number of esters is 2. The van der Waals surface area contributed by atoms with Crippen LogP contribution in [0.1, 0.15) is 43.2 Å². The van der Waals surface area contributed by atoms with Crippen molar-refractivity contribution in [3.63, 3.8) is 0 Å². The quantitative estimate of drug-likeness (QED) is 0.0367. The fourth-order valence-corrected chi connectivity index (χ4v) is 6.47. The number of hydrogen-bond donors (Lipinski definition) is 0. The third-order valence-electron chi connectivity index (χ3n) is 9.42. The first kappa shape index (κ1) is 41.0. The van der Waals surface area contributed by atoms with Gasteiger partial charge >= 0.3 is 11.9 Å². The molecule has 0 saturated carbocycles. The minimum Gasteiger partial charge on any atom is -0.462 e. The molecular weight excluding hydrogens is 733 g/mol. The zero-order valence-corrected chi connectivity index (χ0v) is 32.7. The largest absolute Gasteiger partial charge is 0.462 e. The molecule has 0 amide bonds. The van der Waals surface area contributed by atoms with Crippen LogP contribution in [-0.2, 0) is 19.1 Å². The van der Waals surface area contributed by atoms with E-state index in [1.165, 1.54) is 12.2 Å². The van der Waals surface area contributed by atoms with Crippen molar-refractivity contribution in [3.05, 3.63) is 192 Å². The second-order valence-corrected chi connectivity index (χ2v) is 13.6. The number of ether oxygens (including phenoxy) is 2. The lowest BCUT2D eigenvalue weighted by atomic mass is 10.1. The van der Waals surface area contributed by atoms with E-state index in [1.54, 1.807) is 0 Å². The van der Waals surface area contributed by atoms with E-state index in [2.05, 4.69) is 9.80 Å². The summed E-state index contributed by atoms with van der Waals surface area (Å²) in [6, 6.07) is 59.5. The number of nitrogens with zero attached hydrogens (tertiary/aromatic N) is 4. The van der Waals surface area contributed by atoms with Crippen molar-refractivity contribution < 1.29 is 19.1 Å². The Bertz CT molecular complexity index is 2150. The zero-order valence-electron chi connectivity index (χ0n) is 32.7. The highest BCUT2D eigenvalue weighted by atomic mass is 16.5. The lowest BCUT2D eigenvalue weighted by molar-refractivity contribution is -0.139. The number of rotatable bonds is 18. The molecule has 6 rings (SSSR count). The van der Waals surface area contributed by atoms with Gasteiger partial charge in [-0.15, -0.1) is 0 Å². The van der Waals surface area contributed by atoms with Crippen LogP contribution in [0.25, 0.3) is 12.2 Å². The molecule has 6 aromatic rings. The van der Waals surface area contributed by atoms with Gasteiger partial charge < -0.3 is 19.3 Å². The molecule has 0 aromatic heterocycles. The molecule has 292 valence electrons. The SMILES string of the molecule is N#CC(=Cc1ccc(N(c2ccccc2)c2ccccc2)cc1)C(=O)OCCCCCCCOC(=O)C(C#N)=Cc1ccc(N(c2ccccc2)c2ccccc2)cc1. The molecule has 0 spiro atoms. The summed E-state index contributed by atoms with van der Waals surface area (Å²) < 4.78 is 10.8. The number of nitriles is 2. The summed E-state index contributed by atoms with van der Waals surface area (Å²) in [6.07, 6.45) is 6.82. The Morgan fingerprint density at radius 1 is 0.407 bits per heavy atom. The maximum Gasteiger partial charge on any atom is 0.348 e. The van der Waals surface area contributed by atoms with Crippen LogP contribution in [0.3, 0.4) is 0 Å². The van der Waals surface area contributed by atoms with Gasteiger partial charge in [0.25, 0.3) is 0 Å². The zero-order chi connectivity index (χ0) is 41.1. The van der Waals surface area contributed by atoms with E-state index in [1.807, 2.05) is 182 Å². The minimum atomic E-state index is -0.655. The molecule has 0 aliphatic carbocycles. The van der Waals surface area contributed by atoms with Crippen LogP contribution < -0.4 is 9.80 Å². The first-order valence-electron chi connectivity index (χ1n) is 19.6. The molecule has 8 heteroatoms. The fraction of sp³-hybridized carbons (Fsp3) is 0.137. The standard InChI is InChI=1S/C51H44N4O4/c52-38-42(36-40-26-30-48(31-27-40)54(44-18-8-4-9-19-44)45-20-10-5-11-21-45)50(56)58-34-16-2-1-3-17-35-59-51(57)43(39-53)37-41-28-32-49(33-29-41)55(46-22-12-6-13-23-46)47-24-14-7-15-25-47/h4-15,18-33,36-37H,1-3,16-17,34-35H2. The van der Waals surface area contributed by atoms with Crippen molar-refractivity contribution in [1.29, 1.82) is 10.5 Å². The molecule has 0 N–H and O–H groups in total. The van der Waals surface area contributed by atoms with E-state index in [9.17, 15) is 20.1 Å². The Balaban J connectivity index is 0.909. The molecule has 0 bridgehead atoms. The molecule has 0 unspecified atom stereocenters. The Morgan fingerprint density at radius 2 is 0.678 bits per heavy atom. The van der Waals surface area contributed by atoms with Crippen molar-refractivity contribution in [2.75, 3.05) is 23.0 Å². The van der Waals surface area contributed by atoms with Gasteiger partial charge in [-0.3, -0.25) is 0 Å². The van der Waals surface area contributed by atoms with Crippen molar-refractivity contribution in [1.82, 2.24) is 0 Å². The summed E-state index contributed by atoms with van der Waals surface area (Å²) in [7, 11) is 0. The molecule has 0 saturated heterocycles. The number of carbonyl (C=O) groups excluding carboxylic acids is 2. The van der Waals surface area contributed by atoms with Crippen LogP contribution in [0.2, 0.25) is 0 Å². The van der Waals surface area contributed by atoms with Gasteiger partial charge in [0.15, 0.2) is 0 Å². The molecule has 0 heterocycles. The Morgan fingerprint density at radius 3 is 0.966 bits per heavy atom. The number of carbonyl (C=O) groups is 2. The maximum atomic E-state index is 12.7. The predicted octanol–water partition coefficient (Wildman–Crippen LogP) is 12.2. The van der Waals surface area contributed by atoms with Crippen molar-refractivity contribution in [2.24, 2.45) is 0 Å². The van der Waals surface area contributed by atoms with Gasteiger partial charge in [0, 0.05) is 34.1 Å². The van der Waals surface area contributed by atoms with Crippen LogP contribution in [0.4, 0.5) is 34.1 Å². The Labute approximate surface area is 346 Å². The molecule has 8 nitrogen and oxygen atoms in total. The second kappa shape index (κ2) is 21.6. The van der Waals surface area contributed by atoms with Crippen LogP contribution in [0, 0.1) is 22.7 Å². The fourth-order valence-electron chi connectivity index (χ4n) is 6.47. The lowest BCUT2D eigenvalue weighted by Gasteiger charge is -2.25. The monoisotopic (exact) mass is 776 g/mol. The summed E-state index contributed by atoms with van der Waals surface area (Å²) in [5.41, 5.74) is 7.22. The van der Waals surface area contributed by atoms with Crippen LogP contribution in [-0.4, -0.2) is 25.2 Å². The van der Waals surface area contributed by atoms with E-state index < -0.39 is 11.9 Å². The third-order valence-corrected chi connectivity index (χ3v) is 9.42. The highest BCUT2D eigenvalue weighted by Crippen LogP contribution is 2.35. The van der Waals surface area contributed by atoms with E-state index >= 15 is 0 Å². The molecule has 0 radical (unpaired) electrons. The van der Waals surface area contributed by atoms with E-state index in [0.717, 1.165) is 53.4 Å². The highest BCUT2D eigenvalue weighted by molar-refractivity contribution is 5.98. The first-order chi connectivity index (χ1) is 29.0. The van der Waals surface area contributed by atoms with Gasteiger partial charge in [-0.1, -0.05) is 116 Å². The minimum absolute atomic E-state index is 0.0666. The normalized spacial score (nSPS) is 11.2. The Hall–Kier alpha value is -7.68. The first-order valence-corrected chi connectivity index (χ1v) is 19.6. The molecule has 0 atom stereocenters. The lowest BCUT2D eigenvalue weighted by Crippen LogP contribution is -2.10. The van der Waals surface area contributed by atoms with Crippen LogP contribution >= 0.6 is 0 Å². The van der Waals surface area contributed by atoms with Crippen molar-refractivity contribution in [2.45, 2.75) is 32.1 Å². The van der Waals surface area contributed by atoms with Crippen LogP contribution in [0.15, 0.2) is 181 Å². The van der Waals surface area contributed by atoms with E-state index in [0.29, 0.717) is 24.0 Å². The second-order valence-electron chi connectivity index (χ2n) is 13.6. The topological polar surface area (TPSA) is 107 Å². The molecule has 0 fully saturated rings. The van der Waals surface area contributed by atoms with Gasteiger partial charge in [0.05, 0.1) is 13.2 Å². The number of benzene rings is 6. The van der Waals surface area contributed by atoms with Gasteiger partial charge in [0.2, 0.25) is 0 Å². The average Bonchev–Trinajstić information content (AvgIpc) is 3.29. The predicted molar refractivity (Wildman–Crippen MR) is 234 cm³/mol. The van der Waals surface area contributed by atoms with Crippen LogP contribution in [0.5, 0.6) is 0 Å². The molecule has 59 heavy (non-hydrogen) atoms. The number of unbranched alkanes of at least 4 members (excludes halogenated alkanes) is 4. The van der Waals surface area contributed by atoms with Gasteiger partial charge in [0.1, 0.15) is 23.3 Å². The number of hydrogen-bond acceptors (Lipinski definition) is 8. The summed E-state index contributed by atoms with van der Waals surface area (Å²) in [6.45, 7) is 0.394. The van der Waals surface area contributed by atoms with Gasteiger partial charge in [-0.25, -0.2) is 9.59 Å². The van der Waals surface area contributed by atoms with Gasteiger partial charge in [-0.05, 0) is 109 Å².